The average Bonchev–Trinajstić information content (AvgIpc) is 3.08. The molecular weight excluding hydrogens is 352 g/mol. The molecule has 5 heteroatoms. The third-order valence-corrected chi connectivity index (χ3v) is 4.84. The Balaban J connectivity index is 0.000000320. The fourth-order valence-electron chi connectivity index (χ4n) is 3.29. The van der Waals surface area contributed by atoms with Gasteiger partial charge in [-0.2, -0.15) is 0 Å². The number of ether oxygens (including phenoxy) is 1. The lowest BCUT2D eigenvalue weighted by Gasteiger charge is -2.08. The summed E-state index contributed by atoms with van der Waals surface area (Å²) in [5.41, 5.74) is 3.75. The van der Waals surface area contributed by atoms with Crippen molar-refractivity contribution in [3.63, 3.8) is 0 Å². The Hall–Kier alpha value is -2.66. The first-order valence-electron chi connectivity index (χ1n) is 10.0. The Bertz CT molecular complexity index is 823. The van der Waals surface area contributed by atoms with Gasteiger partial charge < -0.3 is 15.0 Å². The molecule has 0 aromatic carbocycles. The first kappa shape index (κ1) is 20.1. The van der Waals surface area contributed by atoms with Crippen LogP contribution in [0.1, 0.15) is 37.7 Å². The van der Waals surface area contributed by atoms with Crippen molar-refractivity contribution in [2.24, 2.45) is 0 Å². The molecule has 148 valence electrons. The Morgan fingerprint density at radius 3 is 2.39 bits per heavy atom. The molecule has 1 saturated heterocycles. The zero-order valence-corrected chi connectivity index (χ0v) is 16.2. The zero-order valence-electron chi connectivity index (χ0n) is 16.2. The molecule has 2 N–H and O–H groups in total. The number of carbonyl (C=O) groups excluding carboxylic acids is 1. The van der Waals surface area contributed by atoms with Crippen LogP contribution in [0, 0.1) is 0 Å². The highest BCUT2D eigenvalue weighted by atomic mass is 16.5. The van der Waals surface area contributed by atoms with Gasteiger partial charge in [0.1, 0.15) is 0 Å². The van der Waals surface area contributed by atoms with E-state index in [1.165, 1.54) is 25.3 Å². The number of allylic oxidation sites excluding steroid dienone is 4. The molecule has 0 saturated carbocycles. The number of pyridine rings is 1. The number of amides is 1. The summed E-state index contributed by atoms with van der Waals surface area (Å²) in [6.07, 6.45) is 18.6. The summed E-state index contributed by atoms with van der Waals surface area (Å²) in [5, 5.41) is 2.87. The lowest BCUT2D eigenvalue weighted by atomic mass is 9.99. The fourth-order valence-corrected chi connectivity index (χ4v) is 3.29. The van der Waals surface area contributed by atoms with Crippen LogP contribution in [0.25, 0.3) is 0 Å². The van der Waals surface area contributed by atoms with Crippen LogP contribution in [0.4, 0.5) is 0 Å². The Morgan fingerprint density at radius 1 is 0.964 bits per heavy atom. The third kappa shape index (κ3) is 6.20. The monoisotopic (exact) mass is 380 g/mol. The molecule has 3 aliphatic rings. The topological polar surface area (TPSA) is 71.2 Å². The van der Waals surface area contributed by atoms with Crippen molar-refractivity contribution in [2.75, 3.05) is 19.8 Å². The molecule has 5 nitrogen and oxygen atoms in total. The SMILES string of the molecule is C1CCOCC1.O=C1NCC2=C1/C=C(Cc1ccc(=O)[nH]c1)\C=C\CC/C=C/2. The van der Waals surface area contributed by atoms with Gasteiger partial charge in [0.25, 0.3) is 5.91 Å². The van der Waals surface area contributed by atoms with Gasteiger partial charge in [0, 0.05) is 37.6 Å². The molecule has 2 aliphatic heterocycles. The second-order valence-electron chi connectivity index (χ2n) is 7.13. The van der Waals surface area contributed by atoms with E-state index in [1.54, 1.807) is 6.20 Å². The molecule has 0 spiro atoms. The molecule has 0 bridgehead atoms. The van der Waals surface area contributed by atoms with E-state index in [0.29, 0.717) is 13.0 Å². The molecule has 1 aromatic rings. The van der Waals surface area contributed by atoms with Gasteiger partial charge in [-0.3, -0.25) is 9.59 Å². The van der Waals surface area contributed by atoms with Gasteiger partial charge in [0.2, 0.25) is 5.56 Å². The molecule has 0 atom stereocenters. The Morgan fingerprint density at radius 2 is 1.75 bits per heavy atom. The van der Waals surface area contributed by atoms with Crippen molar-refractivity contribution in [3.05, 3.63) is 81.3 Å². The molecule has 1 aliphatic carbocycles. The number of hydrogen-bond donors (Lipinski definition) is 2. The third-order valence-electron chi connectivity index (χ3n) is 4.84. The quantitative estimate of drug-likeness (QED) is 0.826. The summed E-state index contributed by atoms with van der Waals surface area (Å²) in [6, 6.07) is 3.34. The predicted octanol–water partition coefficient (Wildman–Crippen LogP) is 3.36. The van der Waals surface area contributed by atoms with Crippen LogP contribution in [0.2, 0.25) is 0 Å². The molecule has 28 heavy (non-hydrogen) atoms. The summed E-state index contributed by atoms with van der Waals surface area (Å²) in [7, 11) is 0. The van der Waals surface area contributed by atoms with Crippen molar-refractivity contribution in [2.45, 2.75) is 38.5 Å². The first-order valence-corrected chi connectivity index (χ1v) is 10.0. The minimum absolute atomic E-state index is 0.0207. The number of carbonyl (C=O) groups is 1. The van der Waals surface area contributed by atoms with Crippen LogP contribution in [-0.2, 0) is 16.0 Å². The van der Waals surface area contributed by atoms with Gasteiger partial charge in [0.15, 0.2) is 0 Å². The van der Waals surface area contributed by atoms with Crippen LogP contribution in [-0.4, -0.2) is 30.6 Å². The van der Waals surface area contributed by atoms with Crippen molar-refractivity contribution < 1.29 is 9.53 Å². The fraction of sp³-hybridized carbons (Fsp3) is 0.391. The summed E-state index contributed by atoms with van der Waals surface area (Å²) < 4.78 is 5.07. The highest BCUT2D eigenvalue weighted by Crippen LogP contribution is 2.20. The Labute approximate surface area is 165 Å². The average molecular weight is 380 g/mol. The van der Waals surface area contributed by atoms with Gasteiger partial charge in [-0.15, -0.1) is 0 Å². The number of H-pyrrole nitrogens is 1. The number of rotatable bonds is 2. The van der Waals surface area contributed by atoms with E-state index in [1.807, 2.05) is 18.2 Å². The van der Waals surface area contributed by atoms with E-state index in [9.17, 15) is 9.59 Å². The number of aromatic amines is 1. The lowest BCUT2D eigenvalue weighted by molar-refractivity contribution is -0.116. The van der Waals surface area contributed by atoms with Gasteiger partial charge >= 0.3 is 0 Å². The standard InChI is InChI=1S/C18H18N2O2.C5H10O/c21-17-8-7-14(11-19-17)9-13-5-3-1-2-4-6-15-12-20-18(22)16(15)10-13;1-2-4-6-5-3-1/h3-8,10-11H,1-2,9,12H2,(H,19,21)(H,20,22);1-5H2/b5-3+,6-4+,13-10+;. The minimum Gasteiger partial charge on any atom is -0.381 e. The van der Waals surface area contributed by atoms with Crippen LogP contribution in [0.5, 0.6) is 0 Å². The molecular formula is C23H28N2O3. The largest absolute Gasteiger partial charge is 0.381 e. The smallest absolute Gasteiger partial charge is 0.251 e. The molecule has 4 rings (SSSR count). The maximum atomic E-state index is 12.0. The van der Waals surface area contributed by atoms with E-state index in [-0.39, 0.29) is 11.5 Å². The van der Waals surface area contributed by atoms with Gasteiger partial charge in [-0.25, -0.2) is 0 Å². The van der Waals surface area contributed by atoms with Crippen LogP contribution in [0.15, 0.2) is 70.2 Å². The first-order chi connectivity index (χ1) is 13.7. The maximum Gasteiger partial charge on any atom is 0.251 e. The normalized spacial score (nSPS) is 23.4. The maximum absolute atomic E-state index is 12.0. The highest BCUT2D eigenvalue weighted by molar-refractivity contribution is 6.00. The predicted molar refractivity (Wildman–Crippen MR) is 111 cm³/mol. The van der Waals surface area contributed by atoms with Crippen LogP contribution < -0.4 is 10.9 Å². The number of hydrogen-bond acceptors (Lipinski definition) is 3. The molecule has 3 heterocycles. The van der Waals surface area contributed by atoms with Crippen molar-refractivity contribution in [1.82, 2.24) is 10.3 Å². The van der Waals surface area contributed by atoms with Crippen LogP contribution >= 0.6 is 0 Å². The Kier molecular flexibility index (Phi) is 7.62. The summed E-state index contributed by atoms with van der Waals surface area (Å²) in [4.78, 5) is 25.8. The highest BCUT2D eigenvalue weighted by Gasteiger charge is 2.19. The van der Waals surface area contributed by atoms with Crippen molar-refractivity contribution in [3.8, 4) is 0 Å². The minimum atomic E-state index is -0.107. The molecule has 1 aromatic heterocycles. The van der Waals surface area contributed by atoms with E-state index >= 15 is 0 Å². The van der Waals surface area contributed by atoms with Gasteiger partial charge in [0.05, 0.1) is 0 Å². The van der Waals surface area contributed by atoms with E-state index < -0.39 is 0 Å². The molecule has 0 radical (unpaired) electrons. The van der Waals surface area contributed by atoms with E-state index in [4.69, 9.17) is 4.74 Å². The van der Waals surface area contributed by atoms with Gasteiger partial charge in [-0.05, 0) is 61.3 Å². The number of nitrogens with one attached hydrogen (secondary N) is 2. The van der Waals surface area contributed by atoms with Crippen molar-refractivity contribution >= 4 is 5.91 Å². The molecule has 0 unspecified atom stereocenters. The second-order valence-corrected chi connectivity index (χ2v) is 7.13. The molecule has 1 fully saturated rings. The number of aromatic nitrogens is 1. The van der Waals surface area contributed by atoms with Crippen LogP contribution in [0.3, 0.4) is 0 Å². The van der Waals surface area contributed by atoms with Crippen molar-refractivity contribution in [1.29, 1.82) is 0 Å². The summed E-state index contributed by atoms with van der Waals surface area (Å²) in [5.74, 6) is -0.0207. The lowest BCUT2D eigenvalue weighted by Crippen LogP contribution is -2.17. The summed E-state index contributed by atoms with van der Waals surface area (Å²) >= 11 is 0. The van der Waals surface area contributed by atoms with E-state index in [2.05, 4.69) is 28.5 Å². The zero-order chi connectivity index (χ0) is 19.6. The summed E-state index contributed by atoms with van der Waals surface area (Å²) in [6.45, 7) is 2.59. The second kappa shape index (κ2) is 10.6. The van der Waals surface area contributed by atoms with E-state index in [0.717, 1.165) is 48.3 Å². The van der Waals surface area contributed by atoms with Gasteiger partial charge in [-0.1, -0.05) is 30.4 Å². The molecule has 1 amide bonds.